The standard InChI is InChI=1S/C15H17F3N2O3/c1-23-12-5-3-2-4-11(12)13(21)19-10-6-8-20(9-7-10)14(22)15(16,17)18/h2-5,10H,6-9H2,1H3,(H,19,21). The second-order valence-electron chi connectivity index (χ2n) is 5.24. The summed E-state index contributed by atoms with van der Waals surface area (Å²) in [6.07, 6.45) is -4.29. The number of likely N-dealkylation sites (tertiary alicyclic amines) is 1. The van der Waals surface area contributed by atoms with Gasteiger partial charge in [0.15, 0.2) is 0 Å². The molecule has 1 aromatic carbocycles. The Kier molecular flexibility index (Phi) is 5.12. The molecule has 2 amide bonds. The van der Waals surface area contributed by atoms with Crippen LogP contribution in [0.1, 0.15) is 23.2 Å². The maximum Gasteiger partial charge on any atom is 0.471 e. The highest BCUT2D eigenvalue weighted by Crippen LogP contribution is 2.22. The van der Waals surface area contributed by atoms with Crippen molar-refractivity contribution in [3.63, 3.8) is 0 Å². The normalized spacial score (nSPS) is 16.1. The number of ether oxygens (including phenoxy) is 1. The summed E-state index contributed by atoms with van der Waals surface area (Å²) in [5.41, 5.74) is 0.365. The van der Waals surface area contributed by atoms with Gasteiger partial charge in [0.25, 0.3) is 5.91 Å². The van der Waals surface area contributed by atoms with Gasteiger partial charge in [-0.15, -0.1) is 0 Å². The van der Waals surface area contributed by atoms with Gasteiger partial charge in [-0.25, -0.2) is 0 Å². The molecule has 5 nitrogen and oxygen atoms in total. The number of carbonyl (C=O) groups is 2. The molecule has 0 saturated carbocycles. The first-order chi connectivity index (χ1) is 10.8. The SMILES string of the molecule is COc1ccccc1C(=O)NC1CCN(C(=O)C(F)(F)F)CC1. The molecule has 1 aliphatic rings. The first-order valence-corrected chi connectivity index (χ1v) is 7.13. The van der Waals surface area contributed by atoms with Crippen LogP contribution in [0.3, 0.4) is 0 Å². The largest absolute Gasteiger partial charge is 0.496 e. The molecule has 0 aliphatic carbocycles. The molecule has 2 rings (SSSR count). The summed E-state index contributed by atoms with van der Waals surface area (Å²) >= 11 is 0. The lowest BCUT2D eigenvalue weighted by Gasteiger charge is -2.32. The monoisotopic (exact) mass is 330 g/mol. The van der Waals surface area contributed by atoms with E-state index in [1.165, 1.54) is 7.11 Å². The van der Waals surface area contributed by atoms with E-state index in [0.717, 1.165) is 4.90 Å². The molecule has 1 fully saturated rings. The van der Waals surface area contributed by atoms with Gasteiger partial charge < -0.3 is 15.0 Å². The molecule has 0 bridgehead atoms. The van der Waals surface area contributed by atoms with Crippen molar-refractivity contribution >= 4 is 11.8 Å². The summed E-state index contributed by atoms with van der Waals surface area (Å²) < 4.78 is 42.2. The summed E-state index contributed by atoms with van der Waals surface area (Å²) in [4.78, 5) is 24.1. The van der Waals surface area contributed by atoms with Gasteiger partial charge in [-0.1, -0.05) is 12.1 Å². The fourth-order valence-electron chi connectivity index (χ4n) is 2.50. The van der Waals surface area contributed by atoms with Gasteiger partial charge in [0, 0.05) is 19.1 Å². The number of carbonyl (C=O) groups excluding carboxylic acids is 2. The van der Waals surface area contributed by atoms with E-state index in [-0.39, 0.29) is 37.9 Å². The van der Waals surface area contributed by atoms with Crippen molar-refractivity contribution in [3.05, 3.63) is 29.8 Å². The number of para-hydroxylation sites is 1. The van der Waals surface area contributed by atoms with Crippen molar-refractivity contribution in [2.24, 2.45) is 0 Å². The molecule has 0 spiro atoms. The van der Waals surface area contributed by atoms with E-state index in [1.807, 2.05) is 0 Å². The molecule has 1 aromatic rings. The minimum atomic E-state index is -4.85. The Balaban J connectivity index is 1.92. The minimum Gasteiger partial charge on any atom is -0.496 e. The van der Waals surface area contributed by atoms with E-state index in [1.54, 1.807) is 24.3 Å². The van der Waals surface area contributed by atoms with Crippen molar-refractivity contribution < 1.29 is 27.5 Å². The van der Waals surface area contributed by atoms with Gasteiger partial charge in [0.2, 0.25) is 0 Å². The zero-order valence-corrected chi connectivity index (χ0v) is 12.5. The van der Waals surface area contributed by atoms with Crippen molar-refractivity contribution in [2.45, 2.75) is 25.1 Å². The van der Waals surface area contributed by atoms with E-state index in [0.29, 0.717) is 11.3 Å². The first-order valence-electron chi connectivity index (χ1n) is 7.13. The molecule has 0 aromatic heterocycles. The van der Waals surface area contributed by atoms with Crippen LogP contribution < -0.4 is 10.1 Å². The topological polar surface area (TPSA) is 58.6 Å². The summed E-state index contributed by atoms with van der Waals surface area (Å²) in [6, 6.07) is 6.42. The number of amides is 2. The lowest BCUT2D eigenvalue weighted by molar-refractivity contribution is -0.186. The van der Waals surface area contributed by atoms with E-state index >= 15 is 0 Å². The van der Waals surface area contributed by atoms with Crippen LogP contribution in [0.5, 0.6) is 5.75 Å². The van der Waals surface area contributed by atoms with Crippen LogP contribution in [0.2, 0.25) is 0 Å². The molecule has 126 valence electrons. The molecule has 1 saturated heterocycles. The van der Waals surface area contributed by atoms with Gasteiger partial charge in [-0.2, -0.15) is 13.2 Å². The molecule has 23 heavy (non-hydrogen) atoms. The van der Waals surface area contributed by atoms with Crippen LogP contribution >= 0.6 is 0 Å². The van der Waals surface area contributed by atoms with Gasteiger partial charge in [-0.05, 0) is 25.0 Å². The zero-order chi connectivity index (χ0) is 17.0. The first kappa shape index (κ1) is 17.1. The summed E-state index contributed by atoms with van der Waals surface area (Å²) in [6.45, 7) is -0.0651. The maximum atomic E-state index is 12.4. The van der Waals surface area contributed by atoms with Crippen LogP contribution in [0, 0.1) is 0 Å². The number of halogens is 3. The Hall–Kier alpha value is -2.25. The summed E-state index contributed by atoms with van der Waals surface area (Å²) in [5.74, 6) is -1.75. The van der Waals surface area contributed by atoms with E-state index in [4.69, 9.17) is 4.74 Å². The second-order valence-corrected chi connectivity index (χ2v) is 5.24. The number of methoxy groups -OCH3 is 1. The number of nitrogens with one attached hydrogen (secondary N) is 1. The molecular weight excluding hydrogens is 313 g/mol. The third-order valence-corrected chi connectivity index (χ3v) is 3.71. The lowest BCUT2D eigenvalue weighted by Crippen LogP contribution is -2.50. The molecule has 1 N–H and O–H groups in total. The lowest BCUT2D eigenvalue weighted by atomic mass is 10.0. The molecule has 1 heterocycles. The number of alkyl halides is 3. The number of hydrogen-bond acceptors (Lipinski definition) is 3. The third kappa shape index (κ3) is 4.14. The van der Waals surface area contributed by atoms with Gasteiger partial charge >= 0.3 is 12.1 Å². The summed E-state index contributed by atoms with van der Waals surface area (Å²) in [5, 5.41) is 2.77. The van der Waals surface area contributed by atoms with Crippen LogP contribution in [-0.2, 0) is 4.79 Å². The molecule has 1 aliphatic heterocycles. The molecule has 0 radical (unpaired) electrons. The Labute approximate surface area is 131 Å². The fraction of sp³-hybridized carbons (Fsp3) is 0.467. The van der Waals surface area contributed by atoms with Gasteiger partial charge in [0.1, 0.15) is 5.75 Å². The predicted octanol–water partition coefficient (Wildman–Crippen LogP) is 1.98. The molecule has 8 heteroatoms. The number of piperidine rings is 1. The van der Waals surface area contributed by atoms with E-state index in [9.17, 15) is 22.8 Å². The Morgan fingerprint density at radius 2 is 1.83 bits per heavy atom. The highest BCUT2D eigenvalue weighted by Gasteiger charge is 2.43. The van der Waals surface area contributed by atoms with Gasteiger partial charge in [-0.3, -0.25) is 9.59 Å². The van der Waals surface area contributed by atoms with Crippen molar-refractivity contribution in [2.75, 3.05) is 20.2 Å². The number of hydrogen-bond donors (Lipinski definition) is 1. The van der Waals surface area contributed by atoms with Crippen molar-refractivity contribution in [1.29, 1.82) is 0 Å². The Morgan fingerprint density at radius 1 is 1.22 bits per heavy atom. The van der Waals surface area contributed by atoms with Crippen molar-refractivity contribution in [1.82, 2.24) is 10.2 Å². The number of benzene rings is 1. The summed E-state index contributed by atoms with van der Waals surface area (Å²) in [7, 11) is 1.45. The van der Waals surface area contributed by atoms with Crippen LogP contribution in [0.4, 0.5) is 13.2 Å². The van der Waals surface area contributed by atoms with Gasteiger partial charge in [0.05, 0.1) is 12.7 Å². The molecule has 0 unspecified atom stereocenters. The van der Waals surface area contributed by atoms with Crippen LogP contribution in [0.25, 0.3) is 0 Å². The number of rotatable bonds is 3. The Bertz CT molecular complexity index is 582. The van der Waals surface area contributed by atoms with Crippen LogP contribution in [0.15, 0.2) is 24.3 Å². The minimum absolute atomic E-state index is 0.0325. The average Bonchev–Trinajstić information content (AvgIpc) is 2.54. The highest BCUT2D eigenvalue weighted by molar-refractivity contribution is 5.97. The third-order valence-electron chi connectivity index (χ3n) is 3.71. The Morgan fingerprint density at radius 3 is 2.39 bits per heavy atom. The van der Waals surface area contributed by atoms with Crippen molar-refractivity contribution in [3.8, 4) is 5.75 Å². The van der Waals surface area contributed by atoms with E-state index in [2.05, 4.69) is 5.32 Å². The maximum absolute atomic E-state index is 12.4. The quantitative estimate of drug-likeness (QED) is 0.922. The molecular formula is C15H17F3N2O3. The smallest absolute Gasteiger partial charge is 0.471 e. The predicted molar refractivity (Wildman–Crippen MR) is 76.1 cm³/mol. The second kappa shape index (κ2) is 6.89. The highest BCUT2D eigenvalue weighted by atomic mass is 19.4. The van der Waals surface area contributed by atoms with Crippen LogP contribution in [-0.4, -0.2) is 49.1 Å². The molecule has 0 atom stereocenters. The number of nitrogens with zero attached hydrogens (tertiary/aromatic N) is 1. The fourth-order valence-corrected chi connectivity index (χ4v) is 2.50. The average molecular weight is 330 g/mol. The van der Waals surface area contributed by atoms with E-state index < -0.39 is 12.1 Å². The zero-order valence-electron chi connectivity index (χ0n) is 12.5.